The van der Waals surface area contributed by atoms with Gasteiger partial charge >= 0.3 is 0 Å². The van der Waals surface area contributed by atoms with Crippen molar-refractivity contribution in [2.75, 3.05) is 0 Å². The van der Waals surface area contributed by atoms with Crippen LogP contribution in [0.3, 0.4) is 0 Å². The Balaban J connectivity index is 1.83. The zero-order chi connectivity index (χ0) is 17.1. The molecule has 0 radical (unpaired) electrons. The molecule has 0 saturated carbocycles. The Morgan fingerprint density at radius 3 is 2.71 bits per heavy atom. The number of aryl methyl sites for hydroxylation is 1. The van der Waals surface area contributed by atoms with Crippen molar-refractivity contribution < 1.29 is 9.90 Å². The summed E-state index contributed by atoms with van der Waals surface area (Å²) in [7, 11) is 0. The minimum atomic E-state index is -0.247. The summed E-state index contributed by atoms with van der Waals surface area (Å²) in [6, 6.07) is 12.6. The normalized spacial score (nSPS) is 17.5. The second-order valence-electron chi connectivity index (χ2n) is 5.20. The molecule has 1 saturated heterocycles. The number of aromatic hydroxyl groups is 1. The number of thioether (sulfide) groups is 1. The number of benzene rings is 2. The Bertz CT molecular complexity index is 845. The summed E-state index contributed by atoms with van der Waals surface area (Å²) in [6.45, 7) is 2.09. The highest BCUT2D eigenvalue weighted by Gasteiger charge is 2.24. The third-order valence-electron chi connectivity index (χ3n) is 3.50. The van der Waals surface area contributed by atoms with Gasteiger partial charge < -0.3 is 10.4 Å². The van der Waals surface area contributed by atoms with E-state index >= 15 is 0 Å². The molecule has 1 heterocycles. The second-order valence-corrected chi connectivity index (χ2v) is 6.67. The molecular formula is C18H15ClN2O2S. The molecule has 1 fully saturated rings. The number of phenols is 1. The number of carbonyl (C=O) groups excluding carboxylic acids is 1. The topological polar surface area (TPSA) is 61.7 Å². The van der Waals surface area contributed by atoms with Gasteiger partial charge in [0.15, 0.2) is 5.17 Å². The van der Waals surface area contributed by atoms with Crippen LogP contribution in [-0.4, -0.2) is 16.2 Å². The molecule has 1 aliphatic rings. The predicted octanol–water partition coefficient (Wildman–Crippen LogP) is 4.50. The highest BCUT2D eigenvalue weighted by Crippen LogP contribution is 2.31. The van der Waals surface area contributed by atoms with E-state index in [1.807, 2.05) is 24.3 Å². The fourth-order valence-corrected chi connectivity index (χ4v) is 3.20. The number of nitrogens with zero attached hydrogens (tertiary/aromatic N) is 1. The van der Waals surface area contributed by atoms with Crippen LogP contribution in [0.15, 0.2) is 52.4 Å². The van der Waals surface area contributed by atoms with Gasteiger partial charge in [0.05, 0.1) is 10.6 Å². The summed E-state index contributed by atoms with van der Waals surface area (Å²) >= 11 is 7.16. The fraction of sp³-hybridized carbons (Fsp3) is 0.111. The van der Waals surface area contributed by atoms with E-state index in [1.54, 1.807) is 18.2 Å². The van der Waals surface area contributed by atoms with Crippen molar-refractivity contribution in [3.63, 3.8) is 0 Å². The van der Waals surface area contributed by atoms with E-state index in [9.17, 15) is 9.90 Å². The van der Waals surface area contributed by atoms with Gasteiger partial charge in [-0.05, 0) is 60.2 Å². The average Bonchev–Trinajstić information content (AvgIpc) is 2.91. The van der Waals surface area contributed by atoms with E-state index in [-0.39, 0.29) is 11.7 Å². The highest BCUT2D eigenvalue weighted by molar-refractivity contribution is 8.18. The third-order valence-corrected chi connectivity index (χ3v) is 4.65. The second kappa shape index (κ2) is 7.11. The Hall–Kier alpha value is -2.24. The van der Waals surface area contributed by atoms with Gasteiger partial charge in [-0.1, -0.05) is 30.7 Å². The average molecular weight is 359 g/mol. The lowest BCUT2D eigenvalue weighted by molar-refractivity contribution is -0.115. The number of rotatable bonds is 3. The van der Waals surface area contributed by atoms with Gasteiger partial charge in [-0.15, -0.1) is 0 Å². The van der Waals surface area contributed by atoms with Crippen molar-refractivity contribution in [1.82, 2.24) is 5.32 Å². The lowest BCUT2D eigenvalue weighted by Gasteiger charge is -2.00. The lowest BCUT2D eigenvalue weighted by Crippen LogP contribution is -2.19. The molecule has 2 N–H and O–H groups in total. The van der Waals surface area contributed by atoms with Gasteiger partial charge in [0, 0.05) is 10.6 Å². The van der Waals surface area contributed by atoms with Crippen molar-refractivity contribution in [1.29, 1.82) is 0 Å². The number of amidine groups is 1. The number of nitrogens with one attached hydrogen (secondary N) is 1. The van der Waals surface area contributed by atoms with E-state index < -0.39 is 0 Å². The van der Waals surface area contributed by atoms with E-state index in [0.717, 1.165) is 12.1 Å². The molecule has 0 aromatic heterocycles. The summed E-state index contributed by atoms with van der Waals surface area (Å²) in [5.41, 5.74) is 2.51. The number of halogens is 1. The van der Waals surface area contributed by atoms with Crippen molar-refractivity contribution in [2.45, 2.75) is 13.3 Å². The summed E-state index contributed by atoms with van der Waals surface area (Å²) in [5.74, 6) is -0.177. The maximum atomic E-state index is 12.1. The lowest BCUT2D eigenvalue weighted by atomic mass is 10.2. The van der Waals surface area contributed by atoms with Gasteiger partial charge in [0.25, 0.3) is 5.91 Å². The number of hydrogen-bond acceptors (Lipinski definition) is 4. The van der Waals surface area contributed by atoms with Crippen LogP contribution < -0.4 is 5.32 Å². The number of amides is 1. The van der Waals surface area contributed by atoms with E-state index in [4.69, 9.17) is 11.6 Å². The smallest absolute Gasteiger partial charge is 0.264 e. The first-order valence-corrected chi connectivity index (χ1v) is 8.61. The molecule has 1 aliphatic heterocycles. The predicted molar refractivity (Wildman–Crippen MR) is 99.7 cm³/mol. The van der Waals surface area contributed by atoms with Gasteiger partial charge in [-0.3, -0.25) is 4.79 Å². The molecule has 0 unspecified atom stereocenters. The Kier molecular flexibility index (Phi) is 4.92. The molecule has 6 heteroatoms. The van der Waals surface area contributed by atoms with Crippen LogP contribution in [0.25, 0.3) is 6.08 Å². The number of carbonyl (C=O) groups is 1. The summed E-state index contributed by atoms with van der Waals surface area (Å²) in [4.78, 5) is 17.0. The van der Waals surface area contributed by atoms with Crippen LogP contribution in [0.2, 0.25) is 5.02 Å². The molecule has 2 aromatic carbocycles. The summed E-state index contributed by atoms with van der Waals surface area (Å²) in [5, 5.41) is 13.6. The first kappa shape index (κ1) is 16.6. The molecule has 0 aliphatic carbocycles. The third kappa shape index (κ3) is 3.80. The fourth-order valence-electron chi connectivity index (χ4n) is 2.19. The molecule has 3 rings (SSSR count). The van der Waals surface area contributed by atoms with Crippen molar-refractivity contribution >= 4 is 46.2 Å². The van der Waals surface area contributed by atoms with Crippen LogP contribution >= 0.6 is 23.4 Å². The first-order chi connectivity index (χ1) is 11.5. The minimum Gasteiger partial charge on any atom is -0.507 e. The van der Waals surface area contributed by atoms with Crippen LogP contribution in [-0.2, 0) is 11.2 Å². The molecule has 0 bridgehead atoms. The van der Waals surface area contributed by atoms with Gasteiger partial charge in [0.2, 0.25) is 0 Å². The molecule has 24 heavy (non-hydrogen) atoms. The quantitative estimate of drug-likeness (QED) is 0.794. The van der Waals surface area contributed by atoms with Gasteiger partial charge in [-0.25, -0.2) is 4.99 Å². The Morgan fingerprint density at radius 2 is 2.00 bits per heavy atom. The van der Waals surface area contributed by atoms with Crippen molar-refractivity contribution in [2.24, 2.45) is 4.99 Å². The van der Waals surface area contributed by atoms with Crippen LogP contribution in [0, 0.1) is 0 Å². The molecule has 4 nitrogen and oxygen atoms in total. The Labute approximate surface area is 149 Å². The first-order valence-electron chi connectivity index (χ1n) is 7.42. The van der Waals surface area contributed by atoms with Crippen molar-refractivity contribution in [3.8, 4) is 5.75 Å². The zero-order valence-electron chi connectivity index (χ0n) is 12.9. The SMILES string of the molecule is CCc1ccc(N=C2NC(=O)/C(=C\c3cc(Cl)ccc3O)S2)cc1. The van der Waals surface area contributed by atoms with Gasteiger partial charge in [0.1, 0.15) is 5.75 Å². The highest BCUT2D eigenvalue weighted by atomic mass is 35.5. The van der Waals surface area contributed by atoms with E-state index in [0.29, 0.717) is 20.7 Å². The number of aliphatic imine (C=N–C) groups is 1. The molecule has 1 amide bonds. The standard InChI is InChI=1S/C18H15ClN2O2S/c1-2-11-3-6-14(7-4-11)20-18-21-17(23)16(24-18)10-12-9-13(19)5-8-15(12)22/h3-10,22H,2H2,1H3,(H,20,21,23)/b16-10+. The maximum Gasteiger partial charge on any atom is 0.264 e. The maximum absolute atomic E-state index is 12.1. The van der Waals surface area contributed by atoms with Crippen molar-refractivity contribution in [3.05, 3.63) is 63.5 Å². The summed E-state index contributed by atoms with van der Waals surface area (Å²) < 4.78 is 0. The number of phenolic OH excluding ortho intramolecular Hbond substituents is 1. The van der Waals surface area contributed by atoms with E-state index in [1.165, 1.54) is 23.4 Å². The van der Waals surface area contributed by atoms with Crippen LogP contribution in [0.5, 0.6) is 5.75 Å². The van der Waals surface area contributed by atoms with Gasteiger partial charge in [-0.2, -0.15) is 0 Å². The van der Waals surface area contributed by atoms with E-state index in [2.05, 4.69) is 17.2 Å². The number of hydrogen-bond donors (Lipinski definition) is 2. The molecule has 0 atom stereocenters. The molecular weight excluding hydrogens is 344 g/mol. The minimum absolute atomic E-state index is 0.0702. The monoisotopic (exact) mass is 358 g/mol. The summed E-state index contributed by atoms with van der Waals surface area (Å²) in [6.07, 6.45) is 2.57. The zero-order valence-corrected chi connectivity index (χ0v) is 14.5. The molecule has 2 aromatic rings. The molecule has 0 spiro atoms. The van der Waals surface area contributed by atoms with Crippen LogP contribution in [0.4, 0.5) is 5.69 Å². The largest absolute Gasteiger partial charge is 0.507 e. The molecule has 122 valence electrons. The Morgan fingerprint density at radius 1 is 1.25 bits per heavy atom. The van der Waals surface area contributed by atoms with Crippen LogP contribution in [0.1, 0.15) is 18.1 Å².